The van der Waals surface area contributed by atoms with Crippen molar-refractivity contribution < 1.29 is 18.3 Å². The third-order valence-corrected chi connectivity index (χ3v) is 5.81. The lowest BCUT2D eigenvalue weighted by Gasteiger charge is -2.48. The number of aromatic nitrogens is 1. The lowest BCUT2D eigenvalue weighted by molar-refractivity contribution is -0.0386. The number of rotatable bonds is 2. The van der Waals surface area contributed by atoms with Gasteiger partial charge in [-0.2, -0.15) is 0 Å². The van der Waals surface area contributed by atoms with Crippen LogP contribution in [-0.4, -0.2) is 16.6 Å². The van der Waals surface area contributed by atoms with Crippen molar-refractivity contribution in [2.45, 2.75) is 37.3 Å². The lowest BCUT2D eigenvalue weighted by Crippen LogP contribution is -2.50. The van der Waals surface area contributed by atoms with E-state index in [0.717, 1.165) is 36.1 Å². The molecule has 1 unspecified atom stereocenters. The first-order valence-corrected chi connectivity index (χ1v) is 9.61. The van der Waals surface area contributed by atoms with Crippen molar-refractivity contribution in [3.63, 3.8) is 0 Å². The van der Waals surface area contributed by atoms with Gasteiger partial charge in [-0.05, 0) is 37.5 Å². The molecule has 1 aliphatic carbocycles. The molecule has 1 atom stereocenters. The molecule has 5 nitrogen and oxygen atoms in total. The van der Waals surface area contributed by atoms with Crippen molar-refractivity contribution in [2.75, 3.05) is 5.32 Å². The number of pyridine rings is 1. The highest BCUT2D eigenvalue weighted by molar-refractivity contribution is 6.01. The van der Waals surface area contributed by atoms with E-state index in [2.05, 4.69) is 15.6 Å². The Balaban J connectivity index is 1.43. The summed E-state index contributed by atoms with van der Waals surface area (Å²) in [6.45, 7) is 0. The van der Waals surface area contributed by atoms with Crippen LogP contribution in [0.4, 0.5) is 19.3 Å². The van der Waals surface area contributed by atoms with Crippen LogP contribution in [0.1, 0.15) is 37.3 Å². The largest absolute Gasteiger partial charge is 0.484 e. The third kappa shape index (κ3) is 3.16. The Hall–Kier alpha value is -3.22. The maximum atomic E-state index is 14.4. The number of amides is 2. The van der Waals surface area contributed by atoms with Crippen LogP contribution in [0.15, 0.2) is 48.8 Å². The Morgan fingerprint density at radius 3 is 2.86 bits per heavy atom. The summed E-state index contributed by atoms with van der Waals surface area (Å²) in [4.78, 5) is 16.8. The molecule has 29 heavy (non-hydrogen) atoms. The average molecular weight is 395 g/mol. The van der Waals surface area contributed by atoms with E-state index in [1.165, 1.54) is 6.07 Å². The molecule has 0 bridgehead atoms. The number of urea groups is 1. The van der Waals surface area contributed by atoms with Gasteiger partial charge in [0.25, 0.3) is 0 Å². The fourth-order valence-electron chi connectivity index (χ4n) is 4.24. The Morgan fingerprint density at radius 1 is 1.21 bits per heavy atom. The van der Waals surface area contributed by atoms with Gasteiger partial charge < -0.3 is 15.4 Å². The molecule has 1 aromatic heterocycles. The van der Waals surface area contributed by atoms with Crippen LogP contribution in [0.25, 0.3) is 10.8 Å². The number of carbonyl (C=O) groups excluding carboxylic acids is 1. The third-order valence-electron chi connectivity index (χ3n) is 5.81. The average Bonchev–Trinajstić information content (AvgIpc) is 2.67. The molecule has 7 heteroatoms. The zero-order chi connectivity index (χ0) is 20.0. The van der Waals surface area contributed by atoms with Crippen LogP contribution in [0.5, 0.6) is 5.75 Å². The van der Waals surface area contributed by atoms with Crippen LogP contribution in [0.2, 0.25) is 0 Å². The maximum Gasteiger partial charge on any atom is 0.319 e. The van der Waals surface area contributed by atoms with Gasteiger partial charge >= 0.3 is 6.03 Å². The number of anilines is 1. The van der Waals surface area contributed by atoms with Gasteiger partial charge in [0.1, 0.15) is 11.4 Å². The van der Waals surface area contributed by atoms with E-state index in [1.54, 1.807) is 18.5 Å². The first-order valence-electron chi connectivity index (χ1n) is 9.61. The summed E-state index contributed by atoms with van der Waals surface area (Å²) < 4.78 is 34.1. The van der Waals surface area contributed by atoms with Gasteiger partial charge in [0.15, 0.2) is 11.6 Å². The smallest absolute Gasteiger partial charge is 0.319 e. The number of halogens is 2. The van der Waals surface area contributed by atoms with Crippen LogP contribution < -0.4 is 15.4 Å². The topological polar surface area (TPSA) is 63.2 Å². The van der Waals surface area contributed by atoms with E-state index >= 15 is 0 Å². The summed E-state index contributed by atoms with van der Waals surface area (Å²) >= 11 is 0. The van der Waals surface area contributed by atoms with Crippen molar-refractivity contribution in [3.8, 4) is 5.75 Å². The molecule has 1 aliphatic heterocycles. The number of ether oxygens (including phenoxy) is 1. The van der Waals surface area contributed by atoms with Crippen molar-refractivity contribution in [3.05, 3.63) is 66.0 Å². The number of hydrogen-bond acceptors (Lipinski definition) is 3. The van der Waals surface area contributed by atoms with E-state index < -0.39 is 29.3 Å². The van der Waals surface area contributed by atoms with Crippen LogP contribution in [0, 0.1) is 11.6 Å². The summed E-state index contributed by atoms with van der Waals surface area (Å²) in [5.74, 6) is -1.39. The Kier molecular flexibility index (Phi) is 4.12. The standard InChI is InChI=1S/C22H19F2N3O2/c23-14-9-16-19(11-22(6-2-7-22)29-20(16)17(24)10-14)27-21(28)26-18-4-1-3-13-12-25-8-5-15(13)18/h1,3-5,8-10,12,19H,2,6-7,11H2,(H2,26,27,28). The number of nitrogens with zero attached hydrogens (tertiary/aromatic N) is 1. The Morgan fingerprint density at radius 2 is 2.07 bits per heavy atom. The number of fused-ring (bicyclic) bond motifs is 2. The van der Waals surface area contributed by atoms with Gasteiger partial charge in [-0.15, -0.1) is 0 Å². The molecule has 5 rings (SSSR count). The predicted molar refractivity (Wildman–Crippen MR) is 105 cm³/mol. The molecular weight excluding hydrogens is 376 g/mol. The van der Waals surface area contributed by atoms with Crippen molar-refractivity contribution >= 4 is 22.5 Å². The molecule has 2 heterocycles. The lowest BCUT2D eigenvalue weighted by atomic mass is 9.73. The number of hydrogen-bond donors (Lipinski definition) is 2. The normalized spacial score (nSPS) is 19.2. The minimum atomic E-state index is -0.736. The number of carbonyl (C=O) groups is 1. The molecule has 2 N–H and O–H groups in total. The fraction of sp³-hybridized carbons (Fsp3) is 0.273. The van der Waals surface area contributed by atoms with Crippen LogP contribution in [-0.2, 0) is 0 Å². The van der Waals surface area contributed by atoms with Gasteiger partial charge in [-0.25, -0.2) is 13.6 Å². The van der Waals surface area contributed by atoms with E-state index in [-0.39, 0.29) is 5.75 Å². The van der Waals surface area contributed by atoms with E-state index in [9.17, 15) is 13.6 Å². The molecule has 1 saturated carbocycles. The number of nitrogens with one attached hydrogen (secondary N) is 2. The van der Waals surface area contributed by atoms with Gasteiger partial charge in [0.2, 0.25) is 0 Å². The molecular formula is C22H19F2N3O2. The molecule has 0 radical (unpaired) electrons. The van der Waals surface area contributed by atoms with E-state index in [1.807, 2.05) is 18.2 Å². The van der Waals surface area contributed by atoms with Gasteiger partial charge in [0.05, 0.1) is 11.7 Å². The molecule has 2 amide bonds. The highest BCUT2D eigenvalue weighted by Gasteiger charge is 2.47. The fourth-order valence-corrected chi connectivity index (χ4v) is 4.24. The second kappa shape index (κ2) is 6.69. The van der Waals surface area contributed by atoms with Crippen molar-refractivity contribution in [1.82, 2.24) is 10.3 Å². The summed E-state index contributed by atoms with van der Waals surface area (Å²) in [5.41, 5.74) is 0.477. The van der Waals surface area contributed by atoms with Crippen molar-refractivity contribution in [1.29, 1.82) is 0 Å². The molecule has 0 saturated heterocycles. The molecule has 3 aromatic rings. The Labute approximate surface area is 166 Å². The summed E-state index contributed by atoms with van der Waals surface area (Å²) in [5, 5.41) is 7.50. The minimum Gasteiger partial charge on any atom is -0.484 e. The summed E-state index contributed by atoms with van der Waals surface area (Å²) in [6.07, 6.45) is 6.43. The quantitative estimate of drug-likeness (QED) is 0.636. The SMILES string of the molecule is O=C(Nc1cccc2cnccc12)NC1CC2(CCC2)Oc2c(F)cc(F)cc21. The van der Waals surface area contributed by atoms with Crippen LogP contribution in [0.3, 0.4) is 0 Å². The summed E-state index contributed by atoms with van der Waals surface area (Å²) in [6, 6.07) is 8.43. The monoisotopic (exact) mass is 395 g/mol. The zero-order valence-electron chi connectivity index (χ0n) is 15.5. The molecule has 1 fully saturated rings. The predicted octanol–water partition coefficient (Wildman–Crippen LogP) is 5.08. The van der Waals surface area contributed by atoms with Crippen molar-refractivity contribution in [2.24, 2.45) is 0 Å². The van der Waals surface area contributed by atoms with Gasteiger partial charge in [-0.1, -0.05) is 12.1 Å². The van der Waals surface area contributed by atoms with Gasteiger partial charge in [-0.3, -0.25) is 4.98 Å². The number of benzene rings is 2. The minimum absolute atomic E-state index is 0.0406. The second-order valence-electron chi connectivity index (χ2n) is 7.70. The molecule has 1 spiro atoms. The molecule has 2 aromatic carbocycles. The highest BCUT2D eigenvalue weighted by atomic mass is 19.1. The maximum absolute atomic E-state index is 14.4. The van der Waals surface area contributed by atoms with E-state index in [4.69, 9.17) is 4.74 Å². The first-order chi connectivity index (χ1) is 14.0. The molecule has 148 valence electrons. The second-order valence-corrected chi connectivity index (χ2v) is 7.70. The first kappa shape index (κ1) is 17.8. The van der Waals surface area contributed by atoms with Crippen LogP contribution >= 0.6 is 0 Å². The van der Waals surface area contributed by atoms with Gasteiger partial charge in [0, 0.05) is 41.2 Å². The molecule has 2 aliphatic rings. The Bertz CT molecular complexity index is 1110. The van der Waals surface area contributed by atoms with E-state index in [0.29, 0.717) is 17.7 Å². The zero-order valence-corrected chi connectivity index (χ0v) is 15.5. The summed E-state index contributed by atoms with van der Waals surface area (Å²) in [7, 11) is 0. The highest BCUT2D eigenvalue weighted by Crippen LogP contribution is 2.49.